The fourth-order valence-corrected chi connectivity index (χ4v) is 3.22. The maximum Gasteiger partial charge on any atom is 0.458 e. The Morgan fingerprint density at radius 2 is 1.59 bits per heavy atom. The van der Waals surface area contributed by atoms with Crippen molar-refractivity contribution in [3.63, 3.8) is 0 Å². The molecular weight excluding hydrogens is 473 g/mol. The predicted molar refractivity (Wildman–Crippen MR) is 68.4 cm³/mol. The number of alkyl halides is 5. The SMILES string of the molecule is COc1c(I)cc(I)cc1C(F)(F)C(F)(F)F. The van der Waals surface area contributed by atoms with Crippen LogP contribution in [0.2, 0.25) is 0 Å². The van der Waals surface area contributed by atoms with Gasteiger partial charge in [-0.2, -0.15) is 22.0 Å². The molecule has 0 atom stereocenters. The fraction of sp³-hybridized carbons (Fsp3) is 0.333. The second kappa shape index (κ2) is 5.02. The monoisotopic (exact) mass is 478 g/mol. The van der Waals surface area contributed by atoms with Crippen molar-refractivity contribution >= 4 is 45.2 Å². The van der Waals surface area contributed by atoms with Crippen molar-refractivity contribution in [2.75, 3.05) is 7.11 Å². The third-order valence-corrected chi connectivity index (χ3v) is 3.33. The molecule has 0 spiro atoms. The van der Waals surface area contributed by atoms with Gasteiger partial charge in [0.2, 0.25) is 0 Å². The van der Waals surface area contributed by atoms with Crippen LogP contribution in [-0.4, -0.2) is 13.3 Å². The van der Waals surface area contributed by atoms with E-state index in [1.807, 2.05) is 0 Å². The van der Waals surface area contributed by atoms with Gasteiger partial charge in [-0.1, -0.05) is 0 Å². The summed E-state index contributed by atoms with van der Waals surface area (Å²) in [5.41, 5.74) is -1.16. The summed E-state index contributed by atoms with van der Waals surface area (Å²) in [6.07, 6.45) is -5.65. The van der Waals surface area contributed by atoms with Crippen LogP contribution in [0.25, 0.3) is 0 Å². The van der Waals surface area contributed by atoms with Gasteiger partial charge in [0.1, 0.15) is 5.75 Å². The summed E-state index contributed by atoms with van der Waals surface area (Å²) in [7, 11) is 1.06. The minimum absolute atomic E-state index is 0.205. The maximum absolute atomic E-state index is 13.3. The molecule has 17 heavy (non-hydrogen) atoms. The lowest BCUT2D eigenvalue weighted by atomic mass is 10.1. The average Bonchev–Trinajstić information content (AvgIpc) is 2.14. The van der Waals surface area contributed by atoms with Gasteiger partial charge in [0.05, 0.1) is 16.2 Å². The van der Waals surface area contributed by atoms with E-state index in [-0.39, 0.29) is 7.14 Å². The Balaban J connectivity index is 3.50. The van der Waals surface area contributed by atoms with E-state index in [0.29, 0.717) is 0 Å². The molecule has 1 aromatic carbocycles. The highest BCUT2D eigenvalue weighted by Crippen LogP contribution is 2.48. The van der Waals surface area contributed by atoms with Crippen molar-refractivity contribution in [3.05, 3.63) is 24.8 Å². The Hall–Kier alpha value is 0.130. The lowest BCUT2D eigenvalue weighted by molar-refractivity contribution is -0.289. The number of hydrogen-bond acceptors (Lipinski definition) is 1. The Bertz CT molecular complexity index is 430. The topological polar surface area (TPSA) is 9.23 Å². The van der Waals surface area contributed by atoms with Crippen molar-refractivity contribution in [3.8, 4) is 5.75 Å². The number of rotatable bonds is 2. The van der Waals surface area contributed by atoms with Crippen LogP contribution in [0.4, 0.5) is 22.0 Å². The first kappa shape index (κ1) is 15.2. The standard InChI is InChI=1S/C9H5F5I2O/c1-17-7-5(2-4(15)3-6(7)16)8(10,11)9(12,13)14/h2-3H,1H3. The van der Waals surface area contributed by atoms with Gasteiger partial charge in [0.25, 0.3) is 0 Å². The predicted octanol–water partition coefficient (Wildman–Crippen LogP) is 4.56. The Morgan fingerprint density at radius 3 is 2.00 bits per heavy atom. The Kier molecular flexibility index (Phi) is 4.48. The van der Waals surface area contributed by atoms with Crippen molar-refractivity contribution in [1.29, 1.82) is 0 Å². The molecule has 8 heteroatoms. The van der Waals surface area contributed by atoms with E-state index in [0.717, 1.165) is 13.2 Å². The molecule has 0 aromatic heterocycles. The van der Waals surface area contributed by atoms with Crippen LogP contribution in [0.3, 0.4) is 0 Å². The number of methoxy groups -OCH3 is 1. The zero-order valence-corrected chi connectivity index (χ0v) is 12.5. The summed E-state index contributed by atoms with van der Waals surface area (Å²) in [6, 6.07) is 2.23. The van der Waals surface area contributed by atoms with Crippen LogP contribution >= 0.6 is 45.2 Å². The summed E-state index contributed by atoms with van der Waals surface area (Å²) in [4.78, 5) is 0. The molecule has 0 aliphatic carbocycles. The first-order valence-electron chi connectivity index (χ1n) is 4.09. The molecule has 0 bridgehead atoms. The van der Waals surface area contributed by atoms with Crippen LogP contribution in [-0.2, 0) is 5.92 Å². The summed E-state index contributed by atoms with van der Waals surface area (Å²) >= 11 is 3.32. The van der Waals surface area contributed by atoms with E-state index < -0.39 is 23.4 Å². The second-order valence-electron chi connectivity index (χ2n) is 3.04. The average molecular weight is 478 g/mol. The van der Waals surface area contributed by atoms with E-state index >= 15 is 0 Å². The third-order valence-electron chi connectivity index (χ3n) is 1.91. The maximum atomic E-state index is 13.3. The van der Waals surface area contributed by atoms with Crippen molar-refractivity contribution in [2.24, 2.45) is 0 Å². The molecule has 0 amide bonds. The molecule has 0 unspecified atom stereocenters. The highest BCUT2D eigenvalue weighted by atomic mass is 127. The van der Waals surface area contributed by atoms with E-state index in [2.05, 4.69) is 4.74 Å². The van der Waals surface area contributed by atoms with E-state index in [1.54, 1.807) is 45.2 Å². The fourth-order valence-electron chi connectivity index (χ4n) is 1.15. The first-order chi connectivity index (χ1) is 7.61. The highest BCUT2D eigenvalue weighted by Gasteiger charge is 2.60. The molecule has 0 radical (unpaired) electrons. The summed E-state index contributed by atoms with van der Waals surface area (Å²) in [5.74, 6) is -5.38. The molecule has 0 N–H and O–H groups in total. The van der Waals surface area contributed by atoms with Crippen LogP contribution in [0.1, 0.15) is 5.56 Å². The lowest BCUT2D eigenvalue weighted by Gasteiger charge is -2.22. The van der Waals surface area contributed by atoms with Gasteiger partial charge in [-0.3, -0.25) is 0 Å². The van der Waals surface area contributed by atoms with Gasteiger partial charge in [0.15, 0.2) is 0 Å². The van der Waals surface area contributed by atoms with Crippen molar-refractivity contribution in [2.45, 2.75) is 12.1 Å². The van der Waals surface area contributed by atoms with Crippen molar-refractivity contribution < 1.29 is 26.7 Å². The minimum Gasteiger partial charge on any atom is -0.495 e. The Morgan fingerprint density at radius 1 is 1.06 bits per heavy atom. The van der Waals surface area contributed by atoms with Crippen LogP contribution in [0, 0.1) is 7.14 Å². The van der Waals surface area contributed by atoms with Gasteiger partial charge in [-0.05, 0) is 57.3 Å². The number of halogens is 7. The van der Waals surface area contributed by atoms with Crippen molar-refractivity contribution in [1.82, 2.24) is 0 Å². The van der Waals surface area contributed by atoms with Crippen LogP contribution in [0.5, 0.6) is 5.75 Å². The normalized spacial score (nSPS) is 12.7. The third kappa shape index (κ3) is 2.93. The largest absolute Gasteiger partial charge is 0.495 e. The first-order valence-corrected chi connectivity index (χ1v) is 6.25. The van der Waals surface area contributed by atoms with E-state index in [1.165, 1.54) is 6.07 Å². The molecule has 0 saturated carbocycles. The molecule has 0 aliphatic rings. The molecule has 1 aromatic rings. The van der Waals surface area contributed by atoms with Gasteiger partial charge < -0.3 is 4.74 Å². The zero-order chi connectivity index (χ0) is 13.4. The summed E-state index contributed by atoms with van der Waals surface area (Å²) in [6.45, 7) is 0. The molecule has 0 aliphatic heterocycles. The summed E-state index contributed by atoms with van der Waals surface area (Å²) < 4.78 is 68.5. The van der Waals surface area contributed by atoms with E-state index in [4.69, 9.17) is 0 Å². The smallest absolute Gasteiger partial charge is 0.458 e. The number of ether oxygens (including phenoxy) is 1. The number of benzene rings is 1. The van der Waals surface area contributed by atoms with Crippen LogP contribution < -0.4 is 4.74 Å². The molecule has 0 saturated heterocycles. The molecule has 0 heterocycles. The number of hydrogen-bond donors (Lipinski definition) is 0. The minimum atomic E-state index is -5.65. The van der Waals surface area contributed by atoms with Crippen LogP contribution in [0.15, 0.2) is 12.1 Å². The molecular formula is C9H5F5I2O. The van der Waals surface area contributed by atoms with Gasteiger partial charge in [-0.15, -0.1) is 0 Å². The zero-order valence-electron chi connectivity index (χ0n) is 8.21. The molecule has 0 fully saturated rings. The highest BCUT2D eigenvalue weighted by molar-refractivity contribution is 14.1. The van der Waals surface area contributed by atoms with Gasteiger partial charge in [0, 0.05) is 3.57 Å². The lowest BCUT2D eigenvalue weighted by Crippen LogP contribution is -2.34. The quantitative estimate of drug-likeness (QED) is 0.448. The Labute approximate surface area is 121 Å². The van der Waals surface area contributed by atoms with E-state index in [9.17, 15) is 22.0 Å². The van der Waals surface area contributed by atoms with Gasteiger partial charge >= 0.3 is 12.1 Å². The molecule has 1 nitrogen and oxygen atoms in total. The van der Waals surface area contributed by atoms with Gasteiger partial charge in [-0.25, -0.2) is 0 Å². The molecule has 96 valence electrons. The summed E-state index contributed by atoms with van der Waals surface area (Å²) in [5, 5.41) is 0. The second-order valence-corrected chi connectivity index (χ2v) is 5.45. The molecule has 1 rings (SSSR count).